The Bertz CT molecular complexity index is 1170. The smallest absolute Gasteiger partial charge is 0.274 e. The van der Waals surface area contributed by atoms with E-state index in [1.807, 2.05) is 27.5 Å². The number of fused-ring (bicyclic) bond motifs is 2. The maximum absolute atomic E-state index is 13.6. The molecule has 0 saturated carbocycles. The summed E-state index contributed by atoms with van der Waals surface area (Å²) in [5.41, 5.74) is 4.27. The first-order valence-electron chi connectivity index (χ1n) is 11.1. The highest BCUT2D eigenvalue weighted by molar-refractivity contribution is 6.30. The molecule has 0 radical (unpaired) electrons. The van der Waals surface area contributed by atoms with Gasteiger partial charge in [-0.05, 0) is 48.9 Å². The minimum Gasteiger partial charge on any atom is -0.355 e. The Morgan fingerprint density at radius 2 is 2.03 bits per heavy atom. The molecular weight excluding hydrogens is 426 g/mol. The van der Waals surface area contributed by atoms with Gasteiger partial charge in [-0.1, -0.05) is 35.9 Å². The normalized spacial score (nSPS) is 18.8. The van der Waals surface area contributed by atoms with E-state index < -0.39 is 0 Å². The first-order chi connectivity index (χ1) is 15.6. The summed E-state index contributed by atoms with van der Waals surface area (Å²) < 4.78 is 1.86. The number of carbonyl (C=O) groups excluding carboxylic acids is 2. The lowest BCUT2D eigenvalue weighted by Gasteiger charge is -2.28. The molecule has 2 amide bonds. The quantitative estimate of drug-likeness (QED) is 0.639. The lowest BCUT2D eigenvalue weighted by molar-refractivity contribution is -0.122. The van der Waals surface area contributed by atoms with Crippen molar-refractivity contribution in [3.05, 3.63) is 70.1 Å². The Balaban J connectivity index is 1.44. The third kappa shape index (κ3) is 4.10. The molecule has 4 heterocycles. The SMILES string of the molecule is O=C1NCCCC[C@@H]1NCc1c(C(=O)N2CCc3ccccc3C2)nc2ccc(Cl)cn12. The van der Waals surface area contributed by atoms with Crippen LogP contribution in [0.1, 0.15) is 46.6 Å². The van der Waals surface area contributed by atoms with E-state index in [1.165, 1.54) is 11.1 Å². The molecule has 8 heteroatoms. The number of amides is 2. The van der Waals surface area contributed by atoms with E-state index >= 15 is 0 Å². The summed E-state index contributed by atoms with van der Waals surface area (Å²) >= 11 is 6.25. The number of imidazole rings is 1. The second-order valence-corrected chi connectivity index (χ2v) is 8.88. The summed E-state index contributed by atoms with van der Waals surface area (Å²) in [6.45, 7) is 2.29. The van der Waals surface area contributed by atoms with Crippen molar-refractivity contribution in [2.75, 3.05) is 13.1 Å². The number of halogens is 1. The first-order valence-corrected chi connectivity index (χ1v) is 11.5. The second kappa shape index (κ2) is 8.92. The Morgan fingerprint density at radius 3 is 2.91 bits per heavy atom. The Morgan fingerprint density at radius 1 is 1.19 bits per heavy atom. The fourth-order valence-corrected chi connectivity index (χ4v) is 4.74. The molecule has 3 aromatic rings. The highest BCUT2D eigenvalue weighted by Crippen LogP contribution is 2.23. The van der Waals surface area contributed by atoms with Crippen molar-refractivity contribution < 1.29 is 9.59 Å². The maximum Gasteiger partial charge on any atom is 0.274 e. The second-order valence-electron chi connectivity index (χ2n) is 8.45. The summed E-state index contributed by atoms with van der Waals surface area (Å²) in [6, 6.07) is 11.5. The lowest BCUT2D eigenvalue weighted by atomic mass is 9.99. The number of pyridine rings is 1. The van der Waals surface area contributed by atoms with E-state index in [0.717, 1.165) is 31.4 Å². The number of hydrogen-bond donors (Lipinski definition) is 2. The van der Waals surface area contributed by atoms with Crippen LogP contribution in [0.5, 0.6) is 0 Å². The fourth-order valence-electron chi connectivity index (χ4n) is 4.58. The van der Waals surface area contributed by atoms with Crippen molar-refractivity contribution >= 4 is 29.1 Å². The van der Waals surface area contributed by atoms with Gasteiger partial charge in [0.1, 0.15) is 5.65 Å². The minimum atomic E-state index is -0.285. The predicted molar refractivity (Wildman–Crippen MR) is 123 cm³/mol. The van der Waals surface area contributed by atoms with E-state index in [9.17, 15) is 9.59 Å². The molecule has 32 heavy (non-hydrogen) atoms. The molecule has 166 valence electrons. The molecule has 1 fully saturated rings. The van der Waals surface area contributed by atoms with E-state index in [2.05, 4.69) is 27.8 Å². The highest BCUT2D eigenvalue weighted by atomic mass is 35.5. The van der Waals surface area contributed by atoms with Crippen molar-refractivity contribution in [3.63, 3.8) is 0 Å². The van der Waals surface area contributed by atoms with Gasteiger partial charge in [-0.25, -0.2) is 4.98 Å². The van der Waals surface area contributed by atoms with Gasteiger partial charge in [0, 0.05) is 32.4 Å². The van der Waals surface area contributed by atoms with Crippen LogP contribution in [-0.4, -0.2) is 45.2 Å². The molecular formula is C24H26ClN5O2. The molecule has 2 aromatic heterocycles. The number of aromatic nitrogens is 2. The van der Waals surface area contributed by atoms with E-state index in [1.54, 1.807) is 12.3 Å². The standard InChI is InChI=1S/C24H26ClN5O2/c25-18-8-9-21-28-22(24(32)29-12-10-16-5-1-2-6-17(16)14-29)20(30(21)15-18)13-27-19-7-3-4-11-26-23(19)31/h1-2,5-6,8-9,15,19,27H,3-4,7,10-14H2,(H,26,31)/t19-/m0/s1. The van der Waals surface area contributed by atoms with Crippen molar-refractivity contribution in [2.24, 2.45) is 0 Å². The van der Waals surface area contributed by atoms with Gasteiger partial charge in [-0.3, -0.25) is 9.59 Å². The van der Waals surface area contributed by atoms with Crippen molar-refractivity contribution in [3.8, 4) is 0 Å². The summed E-state index contributed by atoms with van der Waals surface area (Å²) in [5.74, 6) is -0.0867. The topological polar surface area (TPSA) is 78.7 Å². The zero-order chi connectivity index (χ0) is 22.1. The van der Waals surface area contributed by atoms with E-state index in [-0.39, 0.29) is 17.9 Å². The number of nitrogens with zero attached hydrogens (tertiary/aromatic N) is 3. The summed E-state index contributed by atoms with van der Waals surface area (Å²) in [7, 11) is 0. The van der Waals surface area contributed by atoms with Gasteiger partial charge < -0.3 is 19.9 Å². The average molecular weight is 452 g/mol. The van der Waals surface area contributed by atoms with Crippen LogP contribution in [0.3, 0.4) is 0 Å². The molecule has 0 unspecified atom stereocenters. The summed E-state index contributed by atoms with van der Waals surface area (Å²) in [6.07, 6.45) is 5.34. The van der Waals surface area contributed by atoms with Crippen LogP contribution < -0.4 is 10.6 Å². The van der Waals surface area contributed by atoms with Crippen LogP contribution >= 0.6 is 11.6 Å². The zero-order valence-electron chi connectivity index (χ0n) is 17.8. The largest absolute Gasteiger partial charge is 0.355 e. The van der Waals surface area contributed by atoms with Gasteiger partial charge in [-0.15, -0.1) is 0 Å². The maximum atomic E-state index is 13.6. The van der Waals surface area contributed by atoms with Crippen molar-refractivity contribution in [2.45, 2.75) is 44.8 Å². The van der Waals surface area contributed by atoms with Crippen molar-refractivity contribution in [1.82, 2.24) is 24.9 Å². The molecule has 7 nitrogen and oxygen atoms in total. The van der Waals surface area contributed by atoms with E-state index in [4.69, 9.17) is 11.6 Å². The molecule has 1 saturated heterocycles. The summed E-state index contributed by atoms with van der Waals surface area (Å²) in [5, 5.41) is 6.87. The third-order valence-electron chi connectivity index (χ3n) is 6.35. The predicted octanol–water partition coefficient (Wildman–Crippen LogP) is 2.94. The number of nitrogens with one attached hydrogen (secondary N) is 2. The lowest BCUT2D eigenvalue weighted by Crippen LogP contribution is -2.43. The van der Waals surface area contributed by atoms with Gasteiger partial charge in [0.25, 0.3) is 5.91 Å². The monoisotopic (exact) mass is 451 g/mol. The minimum absolute atomic E-state index is 0.00914. The first kappa shape index (κ1) is 21.0. The molecule has 2 aliphatic rings. The number of rotatable bonds is 4. The van der Waals surface area contributed by atoms with Crippen LogP contribution in [0.4, 0.5) is 0 Å². The van der Waals surface area contributed by atoms with Crippen LogP contribution in [0.15, 0.2) is 42.6 Å². The molecule has 1 aromatic carbocycles. The Labute approximate surface area is 191 Å². The van der Waals surface area contributed by atoms with Crippen LogP contribution in [0.2, 0.25) is 5.02 Å². The number of benzene rings is 1. The van der Waals surface area contributed by atoms with Gasteiger partial charge in [0.2, 0.25) is 5.91 Å². The van der Waals surface area contributed by atoms with Gasteiger partial charge in [-0.2, -0.15) is 0 Å². The molecule has 0 aliphatic carbocycles. The van der Waals surface area contributed by atoms with Gasteiger partial charge in [0.15, 0.2) is 5.69 Å². The molecule has 2 aliphatic heterocycles. The van der Waals surface area contributed by atoms with E-state index in [0.29, 0.717) is 42.5 Å². The molecule has 1 atom stereocenters. The third-order valence-corrected chi connectivity index (χ3v) is 6.58. The highest BCUT2D eigenvalue weighted by Gasteiger charge is 2.28. The molecule has 0 spiro atoms. The molecule has 5 rings (SSSR count). The number of carbonyl (C=O) groups is 2. The Kier molecular flexibility index (Phi) is 5.85. The fraction of sp³-hybridized carbons (Fsp3) is 0.375. The van der Waals surface area contributed by atoms with Crippen LogP contribution in [0.25, 0.3) is 5.65 Å². The van der Waals surface area contributed by atoms with Crippen molar-refractivity contribution in [1.29, 1.82) is 0 Å². The van der Waals surface area contributed by atoms with Crippen LogP contribution in [-0.2, 0) is 24.3 Å². The average Bonchev–Trinajstić information content (AvgIpc) is 3.03. The van der Waals surface area contributed by atoms with Crippen LogP contribution in [0, 0.1) is 0 Å². The zero-order valence-corrected chi connectivity index (χ0v) is 18.6. The molecule has 2 N–H and O–H groups in total. The molecule has 0 bridgehead atoms. The Hall–Kier alpha value is -2.90. The summed E-state index contributed by atoms with van der Waals surface area (Å²) in [4.78, 5) is 32.5. The number of hydrogen-bond acceptors (Lipinski definition) is 4. The van der Waals surface area contributed by atoms with Gasteiger partial charge in [0.05, 0.1) is 16.8 Å². The van der Waals surface area contributed by atoms with Gasteiger partial charge >= 0.3 is 0 Å².